The van der Waals surface area contributed by atoms with Gasteiger partial charge in [0.1, 0.15) is 6.04 Å². The molecule has 164 valence electrons. The highest BCUT2D eigenvalue weighted by molar-refractivity contribution is 7.87. The second kappa shape index (κ2) is 8.00. The van der Waals surface area contributed by atoms with Crippen LogP contribution in [-0.4, -0.2) is 41.5 Å². The number of alkyl halides is 3. The molecule has 30 heavy (non-hydrogen) atoms. The van der Waals surface area contributed by atoms with Gasteiger partial charge in [0.15, 0.2) is 0 Å². The lowest BCUT2D eigenvalue weighted by Crippen LogP contribution is -2.56. The first kappa shape index (κ1) is 22.2. The van der Waals surface area contributed by atoms with Crippen LogP contribution < -0.4 is 10.0 Å². The average Bonchev–Trinajstić information content (AvgIpc) is 3.04. The molecule has 1 saturated heterocycles. The smallest absolute Gasteiger partial charge is 0.324 e. The summed E-state index contributed by atoms with van der Waals surface area (Å²) >= 11 is 0. The number of carbonyl (C=O) groups excluding carboxylic acids is 1. The summed E-state index contributed by atoms with van der Waals surface area (Å²) in [5.41, 5.74) is -0.210. The molecule has 2 unspecified atom stereocenters. The molecule has 2 aromatic rings. The van der Waals surface area contributed by atoms with E-state index in [9.17, 15) is 26.4 Å². The summed E-state index contributed by atoms with van der Waals surface area (Å²) in [7, 11) is -2.83. The molecule has 0 aliphatic carbocycles. The van der Waals surface area contributed by atoms with Gasteiger partial charge in [-0.1, -0.05) is 12.1 Å². The molecule has 3 rings (SSSR count). The fraction of sp³-hybridized carbons (Fsp3) is 0.444. The number of nitrogens with zero attached hydrogens (tertiary/aromatic N) is 3. The molecule has 1 aliphatic rings. The molecule has 2 atom stereocenters. The van der Waals surface area contributed by atoms with Crippen molar-refractivity contribution in [3.8, 4) is 0 Å². The average molecular weight is 445 g/mol. The Morgan fingerprint density at radius 1 is 1.33 bits per heavy atom. The molecule has 12 heteroatoms. The Balaban J connectivity index is 1.90. The number of likely N-dealkylation sites (N-methyl/N-ethyl adjacent to an activating group) is 1. The Labute approximate surface area is 172 Å². The van der Waals surface area contributed by atoms with Crippen molar-refractivity contribution in [2.24, 2.45) is 0 Å². The first-order valence-corrected chi connectivity index (χ1v) is 10.6. The third kappa shape index (κ3) is 4.35. The lowest BCUT2D eigenvalue weighted by molar-refractivity contribution is -0.137. The predicted octanol–water partition coefficient (Wildman–Crippen LogP) is 2.45. The van der Waals surface area contributed by atoms with Crippen molar-refractivity contribution in [2.75, 3.05) is 12.4 Å². The quantitative estimate of drug-likeness (QED) is 0.756. The predicted molar refractivity (Wildman–Crippen MR) is 104 cm³/mol. The molecule has 1 fully saturated rings. The molecular formula is C18H22F3N5O3S. The number of nitrogens with one attached hydrogen (secondary N) is 2. The van der Waals surface area contributed by atoms with Gasteiger partial charge in [-0.15, -0.1) is 0 Å². The first-order valence-electron chi connectivity index (χ1n) is 9.20. The largest absolute Gasteiger partial charge is 0.418 e. The second-order valence-corrected chi connectivity index (χ2v) is 8.76. The number of hydrogen-bond acceptors (Lipinski definition) is 4. The number of carbonyl (C=O) groups is 1. The van der Waals surface area contributed by atoms with Crippen molar-refractivity contribution in [3.63, 3.8) is 0 Å². The van der Waals surface area contributed by atoms with Gasteiger partial charge in [-0.2, -0.15) is 35.7 Å². The van der Waals surface area contributed by atoms with E-state index in [1.807, 2.05) is 6.92 Å². The van der Waals surface area contributed by atoms with Crippen molar-refractivity contribution in [2.45, 2.75) is 45.1 Å². The number of aryl methyl sites for hydroxylation is 2. The summed E-state index contributed by atoms with van der Waals surface area (Å²) in [5.74, 6) is -0.843. The van der Waals surface area contributed by atoms with Crippen LogP contribution in [0.15, 0.2) is 30.5 Å². The molecule has 2 heterocycles. The van der Waals surface area contributed by atoms with Crippen LogP contribution in [0.4, 0.5) is 18.9 Å². The van der Waals surface area contributed by atoms with Gasteiger partial charge < -0.3 is 5.32 Å². The normalized spacial score (nSPS) is 22.1. The molecule has 0 spiro atoms. The zero-order valence-electron chi connectivity index (χ0n) is 16.6. The van der Waals surface area contributed by atoms with Crippen LogP contribution in [0.25, 0.3) is 0 Å². The minimum Gasteiger partial charge on any atom is -0.324 e. The van der Waals surface area contributed by atoms with Crippen molar-refractivity contribution in [1.82, 2.24) is 18.8 Å². The molecule has 1 aliphatic heterocycles. The van der Waals surface area contributed by atoms with E-state index >= 15 is 0 Å². The Hall–Kier alpha value is -2.44. The van der Waals surface area contributed by atoms with Crippen molar-refractivity contribution in [1.29, 1.82) is 0 Å². The van der Waals surface area contributed by atoms with Crippen LogP contribution in [0.1, 0.15) is 36.2 Å². The summed E-state index contributed by atoms with van der Waals surface area (Å²) in [5, 5.41) is 6.53. The van der Waals surface area contributed by atoms with Crippen molar-refractivity contribution in [3.05, 3.63) is 47.3 Å². The molecule has 1 amide bonds. The standard InChI is InChI=1S/C18H22F3N5O3S/c1-4-26-10-12(11(2)23-26)15-9-16(25(3)30(28,29)24-15)17(27)22-14-8-6-5-7-13(14)18(19,20)21/h5-8,10,15-16,24H,4,9H2,1-3H3,(H,22,27). The van der Waals surface area contributed by atoms with Crippen LogP contribution >= 0.6 is 0 Å². The van der Waals surface area contributed by atoms with Gasteiger partial charge in [0.05, 0.1) is 23.0 Å². The van der Waals surface area contributed by atoms with E-state index in [1.165, 1.54) is 19.2 Å². The van der Waals surface area contributed by atoms with E-state index in [2.05, 4.69) is 15.1 Å². The maximum absolute atomic E-state index is 13.2. The third-order valence-electron chi connectivity index (χ3n) is 5.04. The molecule has 8 nitrogen and oxygen atoms in total. The summed E-state index contributed by atoms with van der Waals surface area (Å²) in [6.07, 6.45) is -2.93. The first-order chi connectivity index (χ1) is 13.9. The number of amides is 1. The van der Waals surface area contributed by atoms with Gasteiger partial charge in [-0.3, -0.25) is 9.48 Å². The summed E-state index contributed by atoms with van der Waals surface area (Å²) < 4.78 is 69.8. The Kier molecular flexibility index (Phi) is 5.94. The number of halogens is 3. The zero-order chi connectivity index (χ0) is 22.3. The maximum atomic E-state index is 13.2. The van der Waals surface area contributed by atoms with E-state index in [1.54, 1.807) is 17.8 Å². The molecule has 0 saturated carbocycles. The van der Waals surface area contributed by atoms with Gasteiger partial charge in [0.2, 0.25) is 5.91 Å². The molecule has 1 aromatic carbocycles. The Morgan fingerprint density at radius 3 is 2.60 bits per heavy atom. The number of hydrogen-bond donors (Lipinski definition) is 2. The van der Waals surface area contributed by atoms with Gasteiger partial charge in [-0.25, -0.2) is 0 Å². The van der Waals surface area contributed by atoms with Crippen LogP contribution in [0, 0.1) is 6.92 Å². The number of benzene rings is 1. The molecule has 1 aromatic heterocycles. The van der Waals surface area contributed by atoms with E-state index in [0.29, 0.717) is 17.8 Å². The Morgan fingerprint density at radius 2 is 2.00 bits per heavy atom. The number of rotatable bonds is 4. The van der Waals surface area contributed by atoms with Crippen LogP contribution in [0.3, 0.4) is 0 Å². The lowest BCUT2D eigenvalue weighted by Gasteiger charge is -2.36. The van der Waals surface area contributed by atoms with E-state index < -0.39 is 45.6 Å². The SMILES string of the molecule is CCn1cc(C2CC(C(=O)Nc3ccccc3C(F)(F)F)N(C)S(=O)(=O)N2)c(C)n1. The van der Waals surface area contributed by atoms with Gasteiger partial charge in [-0.05, 0) is 32.4 Å². The summed E-state index contributed by atoms with van der Waals surface area (Å²) in [4.78, 5) is 12.8. The minimum absolute atomic E-state index is 0.0337. The second-order valence-electron chi connectivity index (χ2n) is 7.00. The maximum Gasteiger partial charge on any atom is 0.418 e. The van der Waals surface area contributed by atoms with Crippen LogP contribution in [-0.2, 0) is 27.7 Å². The van der Waals surface area contributed by atoms with E-state index in [4.69, 9.17) is 0 Å². The fourth-order valence-corrected chi connectivity index (χ4v) is 4.67. The molecule has 2 N–H and O–H groups in total. The molecule has 0 radical (unpaired) electrons. The molecule has 0 bridgehead atoms. The highest BCUT2D eigenvalue weighted by Crippen LogP contribution is 2.35. The third-order valence-corrected chi connectivity index (χ3v) is 6.64. The van der Waals surface area contributed by atoms with Gasteiger partial charge in [0, 0.05) is 25.4 Å². The topological polar surface area (TPSA) is 96.3 Å². The summed E-state index contributed by atoms with van der Waals surface area (Å²) in [6.45, 7) is 4.19. The minimum atomic E-state index is -4.66. The Bertz CT molecular complexity index is 1050. The van der Waals surface area contributed by atoms with Gasteiger partial charge in [0.25, 0.3) is 10.2 Å². The van der Waals surface area contributed by atoms with Gasteiger partial charge >= 0.3 is 6.18 Å². The van der Waals surface area contributed by atoms with Crippen LogP contribution in [0.5, 0.6) is 0 Å². The van der Waals surface area contributed by atoms with E-state index in [-0.39, 0.29) is 6.42 Å². The monoisotopic (exact) mass is 445 g/mol. The highest BCUT2D eigenvalue weighted by Gasteiger charge is 2.42. The highest BCUT2D eigenvalue weighted by atomic mass is 32.2. The van der Waals surface area contributed by atoms with E-state index in [0.717, 1.165) is 16.4 Å². The molecular weight excluding hydrogens is 423 g/mol. The summed E-state index contributed by atoms with van der Waals surface area (Å²) in [6, 6.07) is 2.61. The lowest BCUT2D eigenvalue weighted by atomic mass is 10.00. The number of anilines is 1. The zero-order valence-corrected chi connectivity index (χ0v) is 17.4. The van der Waals surface area contributed by atoms with Crippen molar-refractivity contribution >= 4 is 21.8 Å². The van der Waals surface area contributed by atoms with Crippen molar-refractivity contribution < 1.29 is 26.4 Å². The number of para-hydroxylation sites is 1. The van der Waals surface area contributed by atoms with Crippen LogP contribution in [0.2, 0.25) is 0 Å². The number of aromatic nitrogens is 2. The fourth-order valence-electron chi connectivity index (χ4n) is 3.41.